The van der Waals surface area contributed by atoms with Crippen LogP contribution in [-0.2, 0) is 17.8 Å². The van der Waals surface area contributed by atoms with Crippen molar-refractivity contribution in [3.05, 3.63) is 29.3 Å². The van der Waals surface area contributed by atoms with E-state index in [1.54, 1.807) is 4.90 Å². The number of likely N-dealkylation sites (N-methyl/N-ethyl adjacent to an activating group) is 1. The Morgan fingerprint density at radius 3 is 2.81 bits per heavy atom. The molecule has 4 nitrogen and oxygen atoms in total. The van der Waals surface area contributed by atoms with Gasteiger partial charge >= 0.3 is 0 Å². The molecule has 1 aliphatic rings. The Hall–Kier alpha value is -1.55. The topological polar surface area (TPSA) is 44.4 Å². The molecule has 4 heteroatoms. The molecule has 0 saturated carbocycles. The van der Waals surface area contributed by atoms with Crippen LogP contribution in [0.3, 0.4) is 0 Å². The third-order valence-corrected chi connectivity index (χ3v) is 3.92. The lowest BCUT2D eigenvalue weighted by atomic mass is 10.0. The third-order valence-electron chi connectivity index (χ3n) is 3.92. The summed E-state index contributed by atoms with van der Waals surface area (Å²) in [6.45, 7) is 6.05. The molecule has 1 aliphatic heterocycles. The minimum Gasteiger partial charge on any atom is -0.384 e. The van der Waals surface area contributed by atoms with E-state index < -0.39 is 0 Å². The summed E-state index contributed by atoms with van der Waals surface area (Å²) < 4.78 is 0. The van der Waals surface area contributed by atoms with E-state index in [9.17, 15) is 4.79 Å². The second-order valence-electron chi connectivity index (χ2n) is 6.42. The Labute approximate surface area is 127 Å². The summed E-state index contributed by atoms with van der Waals surface area (Å²) in [7, 11) is 3.64. The van der Waals surface area contributed by atoms with E-state index in [2.05, 4.69) is 42.7 Å². The number of rotatable bonds is 6. The first-order valence-electron chi connectivity index (χ1n) is 7.78. The molecule has 0 saturated heterocycles. The van der Waals surface area contributed by atoms with E-state index in [4.69, 9.17) is 0 Å². The van der Waals surface area contributed by atoms with Gasteiger partial charge in [0.1, 0.15) is 0 Å². The Balaban J connectivity index is 2.05. The molecule has 0 fully saturated rings. The Morgan fingerprint density at radius 2 is 2.14 bits per heavy atom. The second kappa shape index (κ2) is 6.94. The highest BCUT2D eigenvalue weighted by Gasteiger charge is 2.22. The van der Waals surface area contributed by atoms with E-state index in [0.29, 0.717) is 5.92 Å². The normalized spacial score (nSPS) is 14.7. The summed E-state index contributed by atoms with van der Waals surface area (Å²) in [6.07, 6.45) is 1.95. The zero-order valence-corrected chi connectivity index (χ0v) is 13.6. The fourth-order valence-electron chi connectivity index (χ4n) is 2.85. The summed E-state index contributed by atoms with van der Waals surface area (Å²) in [4.78, 5) is 14.0. The van der Waals surface area contributed by atoms with Crippen molar-refractivity contribution in [2.45, 2.75) is 39.3 Å². The summed E-state index contributed by atoms with van der Waals surface area (Å²) in [5, 5.41) is 6.90. The molecule has 21 heavy (non-hydrogen) atoms. The van der Waals surface area contributed by atoms with Crippen LogP contribution in [0.25, 0.3) is 0 Å². The minimum atomic E-state index is -0.114. The van der Waals surface area contributed by atoms with Crippen LogP contribution < -0.4 is 10.6 Å². The molecule has 1 aromatic rings. The standard InChI is InChI=1S/C17H27N3O/c1-12(2)10-15(17(21)20(3)4)19-11-14-7-5-6-13-8-9-18-16(13)14/h5-7,12,15,18-19H,8-11H2,1-4H3. The lowest BCUT2D eigenvalue weighted by Crippen LogP contribution is -2.44. The molecule has 2 rings (SSSR count). The molecular formula is C17H27N3O. The maximum absolute atomic E-state index is 12.3. The van der Waals surface area contributed by atoms with Crippen molar-refractivity contribution < 1.29 is 4.79 Å². The van der Waals surface area contributed by atoms with E-state index in [1.807, 2.05) is 14.1 Å². The van der Waals surface area contributed by atoms with Gasteiger partial charge in [-0.25, -0.2) is 0 Å². The molecule has 1 aromatic carbocycles. The summed E-state index contributed by atoms with van der Waals surface area (Å²) in [6, 6.07) is 6.30. The molecule has 1 unspecified atom stereocenters. The Kier molecular flexibility index (Phi) is 5.23. The monoisotopic (exact) mass is 289 g/mol. The Bertz CT molecular complexity index is 497. The number of benzene rings is 1. The highest BCUT2D eigenvalue weighted by Crippen LogP contribution is 2.26. The zero-order valence-electron chi connectivity index (χ0n) is 13.6. The van der Waals surface area contributed by atoms with Gasteiger partial charge in [-0.3, -0.25) is 4.79 Å². The van der Waals surface area contributed by atoms with Crippen molar-refractivity contribution in [3.63, 3.8) is 0 Å². The molecule has 0 spiro atoms. The number of carbonyl (C=O) groups is 1. The number of hydrogen-bond acceptors (Lipinski definition) is 3. The quantitative estimate of drug-likeness (QED) is 0.844. The van der Waals surface area contributed by atoms with Crippen LogP contribution in [-0.4, -0.2) is 37.5 Å². The number of amides is 1. The highest BCUT2D eigenvalue weighted by atomic mass is 16.2. The Morgan fingerprint density at radius 1 is 1.38 bits per heavy atom. The summed E-state index contributed by atoms with van der Waals surface area (Å²) in [5.41, 5.74) is 3.89. The predicted molar refractivity (Wildman–Crippen MR) is 87.4 cm³/mol. The number of nitrogens with one attached hydrogen (secondary N) is 2. The maximum atomic E-state index is 12.3. The largest absolute Gasteiger partial charge is 0.384 e. The van der Waals surface area contributed by atoms with Crippen molar-refractivity contribution in [2.75, 3.05) is 26.0 Å². The smallest absolute Gasteiger partial charge is 0.239 e. The summed E-state index contributed by atoms with van der Waals surface area (Å²) in [5.74, 6) is 0.648. The van der Waals surface area contributed by atoms with E-state index in [1.165, 1.54) is 16.8 Å². The number of fused-ring (bicyclic) bond motifs is 1. The number of para-hydroxylation sites is 1. The molecule has 1 heterocycles. The van der Waals surface area contributed by atoms with Gasteiger partial charge in [-0.2, -0.15) is 0 Å². The fourth-order valence-corrected chi connectivity index (χ4v) is 2.85. The zero-order chi connectivity index (χ0) is 15.4. The first-order chi connectivity index (χ1) is 9.99. The molecule has 1 amide bonds. The highest BCUT2D eigenvalue weighted by molar-refractivity contribution is 5.81. The van der Waals surface area contributed by atoms with Crippen LogP contribution in [0.1, 0.15) is 31.4 Å². The van der Waals surface area contributed by atoms with Crippen LogP contribution in [0.5, 0.6) is 0 Å². The van der Waals surface area contributed by atoms with Gasteiger partial charge in [-0.15, -0.1) is 0 Å². The number of hydrogen-bond donors (Lipinski definition) is 2. The maximum Gasteiger partial charge on any atom is 0.239 e. The van der Waals surface area contributed by atoms with Gasteiger partial charge < -0.3 is 15.5 Å². The average molecular weight is 289 g/mol. The number of anilines is 1. The molecule has 2 N–H and O–H groups in total. The second-order valence-corrected chi connectivity index (χ2v) is 6.42. The van der Waals surface area contributed by atoms with Crippen LogP contribution in [0.15, 0.2) is 18.2 Å². The molecular weight excluding hydrogens is 262 g/mol. The molecule has 0 aromatic heterocycles. The molecule has 1 atom stereocenters. The van der Waals surface area contributed by atoms with Crippen molar-refractivity contribution in [2.24, 2.45) is 5.92 Å². The van der Waals surface area contributed by atoms with Crippen LogP contribution in [0.4, 0.5) is 5.69 Å². The lowest BCUT2D eigenvalue weighted by Gasteiger charge is -2.23. The van der Waals surface area contributed by atoms with Crippen molar-refractivity contribution in [1.29, 1.82) is 0 Å². The van der Waals surface area contributed by atoms with Crippen molar-refractivity contribution in [1.82, 2.24) is 10.2 Å². The first-order valence-corrected chi connectivity index (χ1v) is 7.78. The first kappa shape index (κ1) is 15.8. The van der Waals surface area contributed by atoms with Gasteiger partial charge in [-0.05, 0) is 29.9 Å². The van der Waals surface area contributed by atoms with Crippen LogP contribution >= 0.6 is 0 Å². The van der Waals surface area contributed by atoms with Gasteiger partial charge in [0.15, 0.2) is 0 Å². The van der Waals surface area contributed by atoms with Crippen molar-refractivity contribution >= 4 is 11.6 Å². The lowest BCUT2D eigenvalue weighted by molar-refractivity contribution is -0.131. The van der Waals surface area contributed by atoms with Crippen molar-refractivity contribution in [3.8, 4) is 0 Å². The van der Waals surface area contributed by atoms with Gasteiger partial charge in [-0.1, -0.05) is 32.0 Å². The van der Waals surface area contributed by atoms with E-state index in [-0.39, 0.29) is 11.9 Å². The average Bonchev–Trinajstić information content (AvgIpc) is 2.91. The van der Waals surface area contributed by atoms with Gasteiger partial charge in [0.2, 0.25) is 5.91 Å². The summed E-state index contributed by atoms with van der Waals surface area (Å²) >= 11 is 0. The van der Waals surface area contributed by atoms with Gasteiger partial charge in [0, 0.05) is 32.9 Å². The minimum absolute atomic E-state index is 0.114. The fraction of sp³-hybridized carbons (Fsp3) is 0.588. The molecule has 0 bridgehead atoms. The van der Waals surface area contributed by atoms with Gasteiger partial charge in [0.25, 0.3) is 0 Å². The predicted octanol–water partition coefficient (Wildman–Crippen LogP) is 2.25. The third kappa shape index (κ3) is 3.97. The van der Waals surface area contributed by atoms with Crippen LogP contribution in [0.2, 0.25) is 0 Å². The SMILES string of the molecule is CC(C)CC(NCc1cccc2c1NCC2)C(=O)N(C)C. The van der Waals surface area contributed by atoms with E-state index >= 15 is 0 Å². The van der Waals surface area contributed by atoms with Crippen LogP contribution in [0, 0.1) is 5.92 Å². The van der Waals surface area contributed by atoms with E-state index in [0.717, 1.165) is 25.9 Å². The molecule has 116 valence electrons. The number of carbonyl (C=O) groups excluding carboxylic acids is 1. The molecule has 0 aliphatic carbocycles. The molecule has 0 radical (unpaired) electrons. The number of nitrogens with zero attached hydrogens (tertiary/aromatic N) is 1. The van der Waals surface area contributed by atoms with Gasteiger partial charge in [0.05, 0.1) is 6.04 Å².